The number of aromatic nitrogens is 1. The smallest absolute Gasteiger partial charge is 0.274 e. The zero-order chi connectivity index (χ0) is 17.6. The summed E-state index contributed by atoms with van der Waals surface area (Å²) in [4.78, 5) is 27.0. The van der Waals surface area contributed by atoms with E-state index in [1.165, 1.54) is 17.8 Å². The third-order valence-electron chi connectivity index (χ3n) is 3.46. The Labute approximate surface area is 152 Å². The van der Waals surface area contributed by atoms with Crippen LogP contribution in [0.1, 0.15) is 10.6 Å². The molecule has 0 unspecified atom stereocenters. The Morgan fingerprint density at radius 3 is 2.76 bits per heavy atom. The molecule has 0 saturated heterocycles. The first-order valence-corrected chi connectivity index (χ1v) is 9.52. The molecule has 3 aromatic rings. The molecule has 0 bridgehead atoms. The van der Waals surface area contributed by atoms with E-state index in [1.54, 1.807) is 29.5 Å². The van der Waals surface area contributed by atoms with Gasteiger partial charge in [0.1, 0.15) is 5.01 Å². The van der Waals surface area contributed by atoms with Crippen molar-refractivity contribution in [2.45, 2.75) is 12.3 Å². The standard InChI is InChI=1S/C17H15N3O3S2/c21-16(18-9-12-5-1-3-7-14(12)20(22)23)10-24-11-17-19-13-6-2-4-8-15(13)25-17/h1-8H,9-11H2,(H,18,21). The van der Waals surface area contributed by atoms with Gasteiger partial charge in [-0.25, -0.2) is 4.98 Å². The number of thiazole rings is 1. The average molecular weight is 373 g/mol. The number of carbonyl (C=O) groups excluding carboxylic acids is 1. The molecule has 1 amide bonds. The maximum absolute atomic E-state index is 11.9. The zero-order valence-electron chi connectivity index (χ0n) is 13.2. The molecule has 3 rings (SSSR count). The van der Waals surface area contributed by atoms with E-state index in [9.17, 15) is 14.9 Å². The van der Waals surface area contributed by atoms with Gasteiger partial charge in [0.2, 0.25) is 5.91 Å². The lowest BCUT2D eigenvalue weighted by Gasteiger charge is -2.05. The first-order valence-electron chi connectivity index (χ1n) is 7.54. The van der Waals surface area contributed by atoms with Gasteiger partial charge in [0.05, 0.1) is 20.9 Å². The fourth-order valence-corrected chi connectivity index (χ4v) is 4.17. The van der Waals surface area contributed by atoms with Crippen LogP contribution in [0.25, 0.3) is 10.2 Å². The number of nitro benzene ring substituents is 1. The van der Waals surface area contributed by atoms with Crippen molar-refractivity contribution in [3.8, 4) is 0 Å². The molecule has 1 aromatic heterocycles. The summed E-state index contributed by atoms with van der Waals surface area (Å²) < 4.78 is 1.14. The minimum Gasteiger partial charge on any atom is -0.351 e. The van der Waals surface area contributed by atoms with E-state index in [0.717, 1.165) is 15.2 Å². The molecule has 0 radical (unpaired) electrons. The van der Waals surface area contributed by atoms with E-state index in [2.05, 4.69) is 10.3 Å². The molecule has 6 nitrogen and oxygen atoms in total. The molecular formula is C17H15N3O3S2. The van der Waals surface area contributed by atoms with Gasteiger partial charge in [-0.3, -0.25) is 14.9 Å². The number of amides is 1. The van der Waals surface area contributed by atoms with E-state index in [4.69, 9.17) is 0 Å². The summed E-state index contributed by atoms with van der Waals surface area (Å²) in [5.41, 5.74) is 1.49. The lowest BCUT2D eigenvalue weighted by molar-refractivity contribution is -0.385. The van der Waals surface area contributed by atoms with Crippen molar-refractivity contribution >= 4 is 44.9 Å². The largest absolute Gasteiger partial charge is 0.351 e. The van der Waals surface area contributed by atoms with E-state index in [-0.39, 0.29) is 23.9 Å². The molecule has 0 aliphatic rings. The predicted molar refractivity (Wildman–Crippen MR) is 101 cm³/mol. The SMILES string of the molecule is O=C(CSCc1nc2ccccc2s1)NCc1ccccc1[N+](=O)[O-]. The van der Waals surface area contributed by atoms with Crippen molar-refractivity contribution < 1.29 is 9.72 Å². The summed E-state index contributed by atoms with van der Waals surface area (Å²) in [5, 5.41) is 14.7. The van der Waals surface area contributed by atoms with Crippen molar-refractivity contribution in [2.75, 3.05) is 5.75 Å². The van der Waals surface area contributed by atoms with Gasteiger partial charge in [0.25, 0.3) is 5.69 Å². The van der Waals surface area contributed by atoms with Gasteiger partial charge in [0.15, 0.2) is 0 Å². The van der Waals surface area contributed by atoms with Gasteiger partial charge in [-0.1, -0.05) is 30.3 Å². The summed E-state index contributed by atoms with van der Waals surface area (Å²) in [6.07, 6.45) is 0. The van der Waals surface area contributed by atoms with Crippen LogP contribution < -0.4 is 5.32 Å². The molecule has 1 N–H and O–H groups in total. The van der Waals surface area contributed by atoms with Gasteiger partial charge in [-0.15, -0.1) is 23.1 Å². The van der Waals surface area contributed by atoms with Crippen LogP contribution in [0, 0.1) is 10.1 Å². The second-order valence-corrected chi connectivity index (χ2v) is 7.33. The van der Waals surface area contributed by atoms with Gasteiger partial charge < -0.3 is 5.32 Å². The Morgan fingerprint density at radius 1 is 1.20 bits per heavy atom. The van der Waals surface area contributed by atoms with E-state index in [1.807, 2.05) is 24.3 Å². The number of nitrogens with zero attached hydrogens (tertiary/aromatic N) is 2. The lowest BCUT2D eigenvalue weighted by Crippen LogP contribution is -2.25. The first kappa shape index (κ1) is 17.4. The highest BCUT2D eigenvalue weighted by molar-refractivity contribution is 7.99. The van der Waals surface area contributed by atoms with Gasteiger partial charge in [-0.2, -0.15) is 0 Å². The monoisotopic (exact) mass is 373 g/mol. The van der Waals surface area contributed by atoms with E-state index >= 15 is 0 Å². The van der Waals surface area contributed by atoms with Crippen molar-refractivity contribution in [2.24, 2.45) is 0 Å². The van der Waals surface area contributed by atoms with Gasteiger partial charge in [-0.05, 0) is 12.1 Å². The second-order valence-electron chi connectivity index (χ2n) is 5.23. The maximum atomic E-state index is 11.9. The summed E-state index contributed by atoms with van der Waals surface area (Å²) in [6.45, 7) is 0.150. The van der Waals surface area contributed by atoms with Crippen LogP contribution in [0.3, 0.4) is 0 Å². The van der Waals surface area contributed by atoms with Crippen LogP contribution >= 0.6 is 23.1 Å². The van der Waals surface area contributed by atoms with Crippen molar-refractivity contribution in [1.82, 2.24) is 10.3 Å². The summed E-state index contributed by atoms with van der Waals surface area (Å²) in [5.74, 6) is 0.804. The minimum absolute atomic E-state index is 0.0185. The van der Waals surface area contributed by atoms with Crippen LogP contribution in [0.2, 0.25) is 0 Å². The Bertz CT molecular complexity index is 878. The van der Waals surface area contributed by atoms with Gasteiger partial charge >= 0.3 is 0 Å². The third kappa shape index (κ3) is 4.55. The summed E-state index contributed by atoms with van der Waals surface area (Å²) in [6, 6.07) is 14.3. The molecule has 128 valence electrons. The number of benzene rings is 2. The fraction of sp³-hybridized carbons (Fsp3) is 0.176. The molecule has 0 atom stereocenters. The summed E-state index contributed by atoms with van der Waals surface area (Å²) in [7, 11) is 0. The van der Waals surface area contributed by atoms with E-state index in [0.29, 0.717) is 11.3 Å². The number of nitrogens with one attached hydrogen (secondary N) is 1. The third-order valence-corrected chi connectivity index (χ3v) is 5.62. The molecule has 1 heterocycles. The molecule has 0 aliphatic heterocycles. The number of carbonyl (C=O) groups is 1. The first-order chi connectivity index (χ1) is 12.1. The Balaban J connectivity index is 1.48. The number of fused-ring (bicyclic) bond motifs is 1. The van der Waals surface area contributed by atoms with Crippen LogP contribution in [-0.4, -0.2) is 21.6 Å². The Kier molecular flexibility index (Phi) is 5.62. The Hall–Kier alpha value is -2.45. The van der Waals surface area contributed by atoms with Crippen molar-refractivity contribution in [3.63, 3.8) is 0 Å². The lowest BCUT2D eigenvalue weighted by atomic mass is 10.2. The van der Waals surface area contributed by atoms with Crippen LogP contribution in [0.15, 0.2) is 48.5 Å². The highest BCUT2D eigenvalue weighted by atomic mass is 32.2. The normalized spacial score (nSPS) is 10.7. The zero-order valence-corrected chi connectivity index (χ0v) is 14.8. The number of hydrogen-bond acceptors (Lipinski definition) is 6. The molecular weight excluding hydrogens is 358 g/mol. The van der Waals surface area contributed by atoms with Crippen molar-refractivity contribution in [1.29, 1.82) is 0 Å². The number of hydrogen-bond donors (Lipinski definition) is 1. The molecule has 0 fully saturated rings. The van der Waals surface area contributed by atoms with Gasteiger partial charge in [0, 0.05) is 23.9 Å². The number of nitro groups is 1. The fourth-order valence-electron chi connectivity index (χ4n) is 2.30. The minimum atomic E-state index is -0.441. The molecule has 8 heteroatoms. The molecule has 25 heavy (non-hydrogen) atoms. The Morgan fingerprint density at radius 2 is 1.96 bits per heavy atom. The highest BCUT2D eigenvalue weighted by Crippen LogP contribution is 2.24. The number of para-hydroxylation sites is 2. The second kappa shape index (κ2) is 8.09. The van der Waals surface area contributed by atoms with Crippen molar-refractivity contribution in [3.05, 3.63) is 69.2 Å². The summed E-state index contributed by atoms with van der Waals surface area (Å²) >= 11 is 3.10. The number of thioether (sulfide) groups is 1. The van der Waals surface area contributed by atoms with Crippen LogP contribution in [0.5, 0.6) is 0 Å². The van der Waals surface area contributed by atoms with Crippen LogP contribution in [0.4, 0.5) is 5.69 Å². The highest BCUT2D eigenvalue weighted by Gasteiger charge is 2.13. The number of rotatable bonds is 7. The topological polar surface area (TPSA) is 85.1 Å². The molecule has 2 aromatic carbocycles. The van der Waals surface area contributed by atoms with Crippen LogP contribution in [-0.2, 0) is 17.1 Å². The molecule has 0 saturated carbocycles. The molecule has 0 aliphatic carbocycles. The predicted octanol–water partition coefficient (Wildman–Crippen LogP) is 3.75. The average Bonchev–Trinajstić information content (AvgIpc) is 3.03. The maximum Gasteiger partial charge on any atom is 0.274 e. The van der Waals surface area contributed by atoms with E-state index < -0.39 is 4.92 Å². The molecule has 0 spiro atoms. The quantitative estimate of drug-likeness (QED) is 0.503.